The molecule has 0 aliphatic carbocycles. The number of halogens is 4. The summed E-state index contributed by atoms with van der Waals surface area (Å²) in [5, 5.41) is 14.4. The fraction of sp³-hybridized carbons (Fsp3) is 0.440. The van der Waals surface area contributed by atoms with Crippen LogP contribution >= 0.6 is 11.3 Å². The molecule has 0 saturated carbocycles. The second-order valence-electron chi connectivity index (χ2n) is 9.64. The van der Waals surface area contributed by atoms with Crippen LogP contribution in [0.15, 0.2) is 46.0 Å². The summed E-state index contributed by atoms with van der Waals surface area (Å²) in [7, 11) is 1.16. The lowest BCUT2D eigenvalue weighted by Gasteiger charge is -2.40. The molecule has 4 atom stereocenters. The van der Waals surface area contributed by atoms with E-state index >= 15 is 8.78 Å². The molecule has 3 aliphatic rings. The van der Waals surface area contributed by atoms with Crippen molar-refractivity contribution in [2.24, 2.45) is 10.9 Å². The number of methoxy groups -OCH3 is 1. The van der Waals surface area contributed by atoms with Gasteiger partial charge in [0.2, 0.25) is 0 Å². The first-order chi connectivity index (χ1) is 18.1. The number of carboxylic acids is 1. The summed E-state index contributed by atoms with van der Waals surface area (Å²) in [5.74, 6) is -7.21. The van der Waals surface area contributed by atoms with Crippen LogP contribution in [0.3, 0.4) is 0 Å². The van der Waals surface area contributed by atoms with Gasteiger partial charge in [-0.3, -0.25) is 14.7 Å². The van der Waals surface area contributed by atoms with Crippen molar-refractivity contribution in [3.8, 4) is 0 Å². The van der Waals surface area contributed by atoms with E-state index in [0.717, 1.165) is 19.2 Å². The maximum Gasteiger partial charge on any atom is 0.338 e. The number of nitrogens with zero attached hydrogens (tertiary/aromatic N) is 3. The highest BCUT2D eigenvalue weighted by Crippen LogP contribution is 2.48. The quantitative estimate of drug-likeness (QED) is 0.397. The number of piperidine rings is 1. The number of ether oxygens (including phenoxy) is 1. The maximum absolute atomic E-state index is 15.0. The lowest BCUT2D eigenvalue weighted by molar-refractivity contribution is -0.139. The molecule has 4 heterocycles. The van der Waals surface area contributed by atoms with E-state index in [4.69, 9.17) is 4.74 Å². The number of nitrogens with one attached hydrogen (secondary N) is 1. The van der Waals surface area contributed by atoms with E-state index in [1.54, 1.807) is 16.5 Å². The zero-order chi connectivity index (χ0) is 27.2. The Hall–Kier alpha value is -3.32. The minimum absolute atomic E-state index is 0.00331. The Morgan fingerprint density at radius 3 is 2.68 bits per heavy atom. The van der Waals surface area contributed by atoms with Gasteiger partial charge in [-0.1, -0.05) is 6.07 Å². The number of carboxylic acid groups (broad SMARTS) is 1. The smallest absolute Gasteiger partial charge is 0.338 e. The normalized spacial score (nSPS) is 26.6. The third kappa shape index (κ3) is 4.92. The maximum atomic E-state index is 15.0. The summed E-state index contributed by atoms with van der Waals surface area (Å²) in [6.07, 6.45) is 1.21. The van der Waals surface area contributed by atoms with E-state index in [9.17, 15) is 23.5 Å². The van der Waals surface area contributed by atoms with Gasteiger partial charge in [0.15, 0.2) is 22.5 Å². The van der Waals surface area contributed by atoms with Gasteiger partial charge in [0.05, 0.1) is 18.7 Å². The molecule has 1 aromatic carbocycles. The zero-order valence-corrected chi connectivity index (χ0v) is 21.0. The van der Waals surface area contributed by atoms with E-state index in [0.29, 0.717) is 5.01 Å². The van der Waals surface area contributed by atoms with Gasteiger partial charge < -0.3 is 15.2 Å². The van der Waals surface area contributed by atoms with Gasteiger partial charge in [-0.2, -0.15) is 0 Å². The van der Waals surface area contributed by atoms with Crippen LogP contribution in [0.5, 0.6) is 0 Å². The average Bonchev–Trinajstić information content (AvgIpc) is 3.44. The number of amidine groups is 1. The van der Waals surface area contributed by atoms with Crippen LogP contribution < -0.4 is 5.32 Å². The van der Waals surface area contributed by atoms with Crippen molar-refractivity contribution < 1.29 is 37.0 Å². The molecule has 0 amide bonds. The van der Waals surface area contributed by atoms with Gasteiger partial charge >= 0.3 is 11.9 Å². The fourth-order valence-corrected chi connectivity index (χ4v) is 6.25. The number of hydrogen-bond donors (Lipinski definition) is 2. The topological polar surface area (TPSA) is 104 Å². The van der Waals surface area contributed by atoms with Crippen LogP contribution in [-0.4, -0.2) is 64.4 Å². The standard InChI is InChI=1S/C25H24F4N4O4S/c1-37-24(36)20-17(11-33-14-6-12(8-19(34)35)7-18(33)25(28,29)10-14)31-22(23-30-4-5-38-23)32-21(20)13-2-3-15(26)16(27)9-13/h2-5,9,12,14,18,21H,6-8,10-11H2,1H3,(H,31,32)(H,34,35)/t12-,14+,18-,21-/m0/s1. The predicted molar refractivity (Wildman–Crippen MR) is 129 cm³/mol. The average molecular weight is 553 g/mol. The largest absolute Gasteiger partial charge is 0.481 e. The van der Waals surface area contributed by atoms with Crippen LogP contribution in [0.25, 0.3) is 0 Å². The molecular formula is C25H24F4N4O4S. The fourth-order valence-electron chi connectivity index (χ4n) is 5.67. The molecule has 13 heteroatoms. The number of benzene rings is 1. The van der Waals surface area contributed by atoms with E-state index in [1.807, 2.05) is 0 Å². The number of aromatic nitrogens is 1. The van der Waals surface area contributed by atoms with E-state index < -0.39 is 54.0 Å². The van der Waals surface area contributed by atoms with Crippen molar-refractivity contribution in [1.82, 2.24) is 15.2 Å². The first-order valence-electron chi connectivity index (χ1n) is 11.9. The molecule has 0 radical (unpaired) electrons. The molecule has 202 valence electrons. The summed E-state index contributed by atoms with van der Waals surface area (Å²) in [4.78, 5) is 34.7. The second-order valence-corrected chi connectivity index (χ2v) is 10.5. The van der Waals surface area contributed by atoms with Crippen molar-refractivity contribution >= 4 is 29.1 Å². The molecule has 5 rings (SSSR count). The van der Waals surface area contributed by atoms with Gasteiger partial charge in [0.25, 0.3) is 5.92 Å². The highest BCUT2D eigenvalue weighted by molar-refractivity contribution is 7.11. The van der Waals surface area contributed by atoms with Gasteiger partial charge in [-0.15, -0.1) is 11.3 Å². The summed E-state index contributed by atoms with van der Waals surface area (Å²) in [5.41, 5.74) is 0.385. The Balaban J connectivity index is 1.56. The minimum Gasteiger partial charge on any atom is -0.481 e. The van der Waals surface area contributed by atoms with Crippen LogP contribution in [0.2, 0.25) is 0 Å². The van der Waals surface area contributed by atoms with Gasteiger partial charge in [0.1, 0.15) is 6.04 Å². The summed E-state index contributed by atoms with van der Waals surface area (Å²) in [6, 6.07) is 0.216. The molecule has 0 spiro atoms. The lowest BCUT2D eigenvalue weighted by Crippen LogP contribution is -2.50. The molecular weight excluding hydrogens is 528 g/mol. The number of alkyl halides is 2. The molecule has 0 unspecified atom stereocenters. The number of carbonyl (C=O) groups is 2. The second kappa shape index (κ2) is 10.1. The molecule has 2 saturated heterocycles. The third-order valence-corrected chi connectivity index (χ3v) is 8.04. The molecule has 2 bridgehead atoms. The monoisotopic (exact) mass is 552 g/mol. The Kier molecular flexibility index (Phi) is 6.99. The number of aliphatic imine (C=N–C) groups is 1. The van der Waals surface area contributed by atoms with Crippen LogP contribution in [0.1, 0.15) is 42.3 Å². The van der Waals surface area contributed by atoms with Crippen molar-refractivity contribution in [3.63, 3.8) is 0 Å². The SMILES string of the molecule is COC(=O)C1=C(CN2[C@@H]3C[C@H](CC(=O)O)C[C@H]2C(F)(F)C3)NC(c2nccs2)=N[C@H]1c1ccc(F)c(F)c1. The van der Waals surface area contributed by atoms with Crippen molar-refractivity contribution in [2.45, 2.75) is 49.7 Å². The molecule has 2 fully saturated rings. The number of thiazole rings is 1. The minimum atomic E-state index is -3.04. The summed E-state index contributed by atoms with van der Waals surface area (Å²) in [6.45, 7) is -0.111. The van der Waals surface area contributed by atoms with Crippen molar-refractivity contribution in [1.29, 1.82) is 0 Å². The first-order valence-corrected chi connectivity index (χ1v) is 12.8. The van der Waals surface area contributed by atoms with E-state index in [2.05, 4.69) is 15.3 Å². The lowest BCUT2D eigenvalue weighted by atomic mass is 9.87. The number of esters is 1. The van der Waals surface area contributed by atoms with Crippen molar-refractivity contribution in [3.05, 3.63) is 63.3 Å². The third-order valence-electron chi connectivity index (χ3n) is 7.26. The van der Waals surface area contributed by atoms with E-state index in [-0.39, 0.29) is 54.4 Å². The van der Waals surface area contributed by atoms with Gasteiger partial charge in [-0.25, -0.2) is 27.3 Å². The highest BCUT2D eigenvalue weighted by atomic mass is 32.1. The Morgan fingerprint density at radius 1 is 1.26 bits per heavy atom. The molecule has 2 aromatic rings. The molecule has 3 aliphatic heterocycles. The predicted octanol–water partition coefficient (Wildman–Crippen LogP) is 3.90. The number of rotatable bonds is 7. The van der Waals surface area contributed by atoms with Crippen molar-refractivity contribution in [2.75, 3.05) is 13.7 Å². The summed E-state index contributed by atoms with van der Waals surface area (Å²) < 4.78 is 63.0. The van der Waals surface area contributed by atoms with Gasteiger partial charge in [0, 0.05) is 42.7 Å². The zero-order valence-electron chi connectivity index (χ0n) is 20.2. The Bertz CT molecular complexity index is 1320. The molecule has 2 N–H and O–H groups in total. The molecule has 38 heavy (non-hydrogen) atoms. The number of carbonyl (C=O) groups excluding carboxylic acids is 1. The van der Waals surface area contributed by atoms with Crippen LogP contribution in [0, 0.1) is 17.6 Å². The molecule has 8 nitrogen and oxygen atoms in total. The van der Waals surface area contributed by atoms with Crippen LogP contribution in [-0.2, 0) is 14.3 Å². The highest BCUT2D eigenvalue weighted by Gasteiger charge is 2.57. The summed E-state index contributed by atoms with van der Waals surface area (Å²) >= 11 is 1.25. The Morgan fingerprint density at radius 2 is 2.05 bits per heavy atom. The number of fused-ring (bicyclic) bond motifs is 2. The first kappa shape index (κ1) is 26.3. The number of hydrogen-bond acceptors (Lipinski definition) is 8. The number of aliphatic carboxylic acids is 1. The van der Waals surface area contributed by atoms with E-state index in [1.165, 1.54) is 17.4 Å². The Labute approximate surface area is 219 Å². The van der Waals surface area contributed by atoms with Crippen LogP contribution in [0.4, 0.5) is 17.6 Å². The van der Waals surface area contributed by atoms with Gasteiger partial charge in [-0.05, 0) is 36.5 Å². The molecule has 1 aromatic heterocycles.